The van der Waals surface area contributed by atoms with Crippen LogP contribution in [0, 0.1) is 0 Å². The number of halogens is 4. The Morgan fingerprint density at radius 1 is 0.950 bits per heavy atom. The van der Waals surface area contributed by atoms with E-state index in [1.54, 1.807) is 29.2 Å². The molecule has 0 unspecified atom stereocenters. The summed E-state index contributed by atoms with van der Waals surface area (Å²) in [6, 6.07) is 19.5. The van der Waals surface area contributed by atoms with Crippen LogP contribution in [0.3, 0.4) is 0 Å². The van der Waals surface area contributed by atoms with Crippen molar-refractivity contribution < 1.29 is 27.5 Å². The highest BCUT2D eigenvalue weighted by molar-refractivity contribution is 9.10. The lowest BCUT2D eigenvalue weighted by atomic mass is 10.1. The van der Waals surface area contributed by atoms with Gasteiger partial charge in [0.05, 0.1) is 12.2 Å². The Kier molecular flexibility index (Phi) is 9.65. The summed E-state index contributed by atoms with van der Waals surface area (Å²) in [5.41, 5.74) is 2.22. The van der Waals surface area contributed by atoms with E-state index in [9.17, 15) is 22.8 Å². The Morgan fingerprint density at radius 3 is 2.40 bits per heavy atom. The van der Waals surface area contributed by atoms with E-state index >= 15 is 0 Å². The molecule has 1 heterocycles. The molecule has 10 heteroatoms. The van der Waals surface area contributed by atoms with Crippen molar-refractivity contribution in [3.05, 3.63) is 106 Å². The molecule has 4 aromatic rings. The summed E-state index contributed by atoms with van der Waals surface area (Å²) >= 11 is 3.37. The first-order valence-electron chi connectivity index (χ1n) is 12.7. The fourth-order valence-corrected chi connectivity index (χ4v) is 4.83. The highest BCUT2D eigenvalue weighted by Gasteiger charge is 2.30. The van der Waals surface area contributed by atoms with Crippen molar-refractivity contribution in [3.63, 3.8) is 0 Å². The molecule has 1 N–H and O–H groups in total. The second-order valence-corrected chi connectivity index (χ2v) is 10.3. The number of methoxy groups -OCH3 is 1. The highest BCUT2D eigenvalue weighted by atomic mass is 79.9. The molecule has 0 aliphatic heterocycles. The van der Waals surface area contributed by atoms with E-state index in [2.05, 4.69) is 20.9 Å². The van der Waals surface area contributed by atoms with Gasteiger partial charge in [-0.3, -0.25) is 9.59 Å². The lowest BCUT2D eigenvalue weighted by molar-refractivity contribution is -0.137. The summed E-state index contributed by atoms with van der Waals surface area (Å²) in [6.45, 7) is 0.641. The molecule has 0 radical (unpaired) electrons. The Morgan fingerprint density at radius 2 is 1.70 bits per heavy atom. The number of carbonyl (C=O) groups excluding carboxylic acids is 2. The third-order valence-corrected chi connectivity index (χ3v) is 7.08. The van der Waals surface area contributed by atoms with Crippen molar-refractivity contribution >= 4 is 38.6 Å². The molecule has 0 atom stereocenters. The first-order valence-corrected chi connectivity index (χ1v) is 13.5. The molecule has 40 heavy (non-hydrogen) atoms. The maximum Gasteiger partial charge on any atom is 0.416 e. The smallest absolute Gasteiger partial charge is 0.383 e. The van der Waals surface area contributed by atoms with E-state index in [0.29, 0.717) is 24.1 Å². The molecule has 0 saturated carbocycles. The van der Waals surface area contributed by atoms with Gasteiger partial charge in [0.25, 0.3) is 5.91 Å². The minimum Gasteiger partial charge on any atom is -0.383 e. The van der Waals surface area contributed by atoms with Gasteiger partial charge in [-0.2, -0.15) is 13.2 Å². The number of benzene rings is 3. The van der Waals surface area contributed by atoms with Gasteiger partial charge in [-0.05, 0) is 53.9 Å². The second kappa shape index (κ2) is 13.1. The third kappa shape index (κ3) is 7.51. The first kappa shape index (κ1) is 29.4. The second-order valence-electron chi connectivity index (χ2n) is 9.35. The van der Waals surface area contributed by atoms with Crippen molar-refractivity contribution in [2.24, 2.45) is 0 Å². The predicted molar refractivity (Wildman–Crippen MR) is 151 cm³/mol. The molecule has 2 amide bonds. The number of ether oxygens (including phenoxy) is 1. The third-order valence-electron chi connectivity index (χ3n) is 6.58. The average molecular weight is 616 g/mol. The number of amides is 2. The van der Waals surface area contributed by atoms with Gasteiger partial charge in [0.15, 0.2) is 0 Å². The van der Waals surface area contributed by atoms with E-state index in [4.69, 9.17) is 4.74 Å². The summed E-state index contributed by atoms with van der Waals surface area (Å²) in [6.07, 6.45) is -2.03. The Hall–Kier alpha value is -3.63. The molecule has 6 nitrogen and oxygen atoms in total. The van der Waals surface area contributed by atoms with Crippen LogP contribution in [0.2, 0.25) is 0 Å². The number of H-pyrrole nitrogens is 1. The van der Waals surface area contributed by atoms with Crippen LogP contribution in [-0.4, -0.2) is 59.9 Å². The van der Waals surface area contributed by atoms with E-state index in [1.165, 1.54) is 24.1 Å². The zero-order valence-corrected chi connectivity index (χ0v) is 23.5. The van der Waals surface area contributed by atoms with Crippen molar-refractivity contribution in [3.8, 4) is 0 Å². The van der Waals surface area contributed by atoms with E-state index in [-0.39, 0.29) is 38.1 Å². The van der Waals surface area contributed by atoms with Gasteiger partial charge in [-0.1, -0.05) is 52.3 Å². The molecule has 0 aliphatic carbocycles. The number of hydrogen-bond acceptors (Lipinski definition) is 3. The number of nitrogens with one attached hydrogen (secondary N) is 1. The molecule has 0 spiro atoms. The summed E-state index contributed by atoms with van der Waals surface area (Å²) < 4.78 is 45.2. The minimum absolute atomic E-state index is 0.0997. The number of hydrogen-bond donors (Lipinski definition) is 1. The van der Waals surface area contributed by atoms with Crippen LogP contribution < -0.4 is 0 Å². The van der Waals surface area contributed by atoms with Crippen LogP contribution in [0.1, 0.15) is 27.0 Å². The number of alkyl halides is 3. The predicted octanol–water partition coefficient (Wildman–Crippen LogP) is 6.31. The molecular formula is C30H29BrF3N3O3. The zero-order valence-electron chi connectivity index (χ0n) is 21.9. The molecule has 3 aromatic carbocycles. The van der Waals surface area contributed by atoms with Crippen LogP contribution in [-0.2, 0) is 28.7 Å². The number of aromatic nitrogens is 1. The molecule has 4 rings (SSSR count). The van der Waals surface area contributed by atoms with E-state index < -0.39 is 11.7 Å². The van der Waals surface area contributed by atoms with Gasteiger partial charge in [0, 0.05) is 53.9 Å². The van der Waals surface area contributed by atoms with Crippen LogP contribution in [0.25, 0.3) is 10.9 Å². The first-order chi connectivity index (χ1) is 19.2. The van der Waals surface area contributed by atoms with Crippen LogP contribution in [0.15, 0.2) is 83.5 Å². The molecule has 1 aromatic heterocycles. The highest BCUT2D eigenvalue weighted by Crippen LogP contribution is 2.29. The number of fused-ring (bicyclic) bond motifs is 1. The normalized spacial score (nSPS) is 11.5. The Bertz CT molecular complexity index is 1450. The van der Waals surface area contributed by atoms with E-state index in [0.717, 1.165) is 33.1 Å². The summed E-state index contributed by atoms with van der Waals surface area (Å²) in [4.78, 5) is 33.2. The zero-order chi connectivity index (χ0) is 28.7. The standard InChI is InChI=1S/C30H29BrF3N3O3/c1-40-16-15-37(29(39)22-5-4-6-25(31)17-22)20-28(38)36(19-21-9-11-24(12-10-21)30(32,33)34)14-13-23-18-35-27-8-3-2-7-26(23)27/h2-12,17-18,35H,13-16,19-20H2,1H3. The van der Waals surface area contributed by atoms with Crippen LogP contribution in [0.4, 0.5) is 13.2 Å². The Labute approximate surface area is 238 Å². The number of nitrogens with zero attached hydrogens (tertiary/aromatic N) is 2. The number of aromatic amines is 1. The fourth-order valence-electron chi connectivity index (χ4n) is 4.43. The van der Waals surface area contributed by atoms with Crippen molar-refractivity contribution in [1.29, 1.82) is 0 Å². The lowest BCUT2D eigenvalue weighted by Crippen LogP contribution is -2.44. The fraction of sp³-hybridized carbons (Fsp3) is 0.267. The quantitative estimate of drug-likeness (QED) is 0.215. The lowest BCUT2D eigenvalue weighted by Gasteiger charge is -2.28. The van der Waals surface area contributed by atoms with Gasteiger partial charge < -0.3 is 19.5 Å². The molecule has 0 bridgehead atoms. The van der Waals surface area contributed by atoms with Gasteiger partial charge in [0.1, 0.15) is 6.54 Å². The molecular weight excluding hydrogens is 587 g/mol. The Balaban J connectivity index is 1.56. The topological polar surface area (TPSA) is 65.6 Å². The molecule has 0 aliphatic rings. The van der Waals surface area contributed by atoms with Crippen LogP contribution in [0.5, 0.6) is 0 Å². The van der Waals surface area contributed by atoms with Gasteiger partial charge in [-0.15, -0.1) is 0 Å². The van der Waals surface area contributed by atoms with Crippen molar-refractivity contribution in [2.75, 3.05) is 33.4 Å². The van der Waals surface area contributed by atoms with E-state index in [1.807, 2.05) is 30.5 Å². The molecule has 210 valence electrons. The van der Waals surface area contributed by atoms with Gasteiger partial charge in [0.2, 0.25) is 5.91 Å². The number of rotatable bonds is 11. The maximum atomic E-state index is 13.7. The number of para-hydroxylation sites is 1. The molecule has 0 fully saturated rings. The van der Waals surface area contributed by atoms with Crippen molar-refractivity contribution in [2.45, 2.75) is 19.1 Å². The minimum atomic E-state index is -4.45. The van der Waals surface area contributed by atoms with Crippen LogP contribution >= 0.6 is 15.9 Å². The SMILES string of the molecule is COCCN(CC(=O)N(CCc1c[nH]c2ccccc12)Cc1ccc(C(F)(F)F)cc1)C(=O)c1cccc(Br)c1. The largest absolute Gasteiger partial charge is 0.416 e. The van der Waals surface area contributed by atoms with Gasteiger partial charge in [-0.25, -0.2) is 0 Å². The number of carbonyl (C=O) groups is 2. The molecule has 0 saturated heterocycles. The monoisotopic (exact) mass is 615 g/mol. The average Bonchev–Trinajstić information content (AvgIpc) is 3.35. The summed E-state index contributed by atoms with van der Waals surface area (Å²) in [5.74, 6) is -0.642. The van der Waals surface area contributed by atoms with Gasteiger partial charge >= 0.3 is 6.18 Å². The maximum absolute atomic E-state index is 13.7. The van der Waals surface area contributed by atoms with Crippen molar-refractivity contribution in [1.82, 2.24) is 14.8 Å². The summed E-state index contributed by atoms with van der Waals surface area (Å²) in [7, 11) is 1.52. The summed E-state index contributed by atoms with van der Waals surface area (Å²) in [5, 5.41) is 1.04.